The van der Waals surface area contributed by atoms with Crippen molar-refractivity contribution in [2.75, 3.05) is 65.9 Å². The number of ketones is 1. The van der Waals surface area contributed by atoms with Crippen molar-refractivity contribution in [3.63, 3.8) is 0 Å². The normalized spacial score (nSPS) is 13.2. The molecule has 18 heteroatoms. The van der Waals surface area contributed by atoms with Gasteiger partial charge in [0.1, 0.15) is 26.4 Å². The van der Waals surface area contributed by atoms with Gasteiger partial charge in [0, 0.05) is 38.5 Å². The van der Waals surface area contributed by atoms with E-state index in [1.807, 2.05) is 0 Å². The average molecular weight is 679 g/mol. The highest BCUT2D eigenvalue weighted by molar-refractivity contribution is 6.02. The Bertz CT molecular complexity index is 1130. The first kappa shape index (κ1) is 42.8. The molecule has 2 saturated heterocycles. The van der Waals surface area contributed by atoms with E-state index in [1.165, 1.54) is 0 Å². The van der Waals surface area contributed by atoms with Crippen molar-refractivity contribution in [1.82, 2.24) is 15.4 Å². The molecule has 2 aliphatic heterocycles. The van der Waals surface area contributed by atoms with Gasteiger partial charge < -0.3 is 39.7 Å². The largest absolute Gasteiger partial charge is 0.371 e. The van der Waals surface area contributed by atoms with Gasteiger partial charge in [-0.1, -0.05) is 11.8 Å². The van der Waals surface area contributed by atoms with Crippen molar-refractivity contribution in [2.45, 2.75) is 38.5 Å². The highest BCUT2D eigenvalue weighted by atomic mass is 16.7. The predicted octanol–water partition coefficient (Wildman–Crippen LogP) is -2.44. The number of hydrogen-bond acceptors (Lipinski definition) is 15. The molecule has 0 saturated carbocycles. The Labute approximate surface area is 277 Å². The lowest BCUT2D eigenvalue weighted by molar-refractivity contribution is -0.201. The molecule has 0 aliphatic carbocycles. The summed E-state index contributed by atoms with van der Waals surface area (Å²) in [7, 11) is 0. The highest BCUT2D eigenvalue weighted by Gasteiger charge is 2.33. The number of terminal acetylenes is 3. The lowest BCUT2D eigenvalue weighted by Gasteiger charge is -2.13. The van der Waals surface area contributed by atoms with Crippen LogP contribution in [0, 0.1) is 37.0 Å². The first-order valence-electron chi connectivity index (χ1n) is 14.2. The number of carbonyl (C=O) groups excluding carboxylic acids is 8. The molecule has 0 bridgehead atoms. The van der Waals surface area contributed by atoms with Crippen LogP contribution in [0.25, 0.3) is 0 Å². The summed E-state index contributed by atoms with van der Waals surface area (Å²) in [4.78, 5) is 99.0. The van der Waals surface area contributed by atoms with Crippen molar-refractivity contribution in [3.05, 3.63) is 0 Å². The van der Waals surface area contributed by atoms with Crippen LogP contribution in [0.3, 0.4) is 0 Å². The van der Waals surface area contributed by atoms with Crippen molar-refractivity contribution >= 4 is 47.3 Å². The molecule has 0 aromatic heterocycles. The van der Waals surface area contributed by atoms with Crippen molar-refractivity contribution in [1.29, 1.82) is 0 Å². The maximum atomic E-state index is 11.4. The fourth-order valence-corrected chi connectivity index (χ4v) is 2.95. The van der Waals surface area contributed by atoms with Crippen LogP contribution >= 0.6 is 0 Å². The van der Waals surface area contributed by atoms with Gasteiger partial charge in [0.2, 0.25) is 5.91 Å². The molecular formula is C30H38N4O14. The summed E-state index contributed by atoms with van der Waals surface area (Å²) >= 11 is 0. The number of nitrogens with two attached hydrogens (primary N) is 1. The molecule has 0 atom stereocenters. The fourth-order valence-electron chi connectivity index (χ4n) is 2.95. The SMILES string of the molecule is C#CCCC(=O)COCCOCC(=O)NCC#C.C#CCN.O=C(COCCOCC(=O)ON1C(=O)CCC1=O)ON1C(=O)CCC1=O. The summed E-state index contributed by atoms with van der Waals surface area (Å²) in [6, 6.07) is 0. The molecule has 0 radical (unpaired) electrons. The second-order valence-electron chi connectivity index (χ2n) is 8.93. The van der Waals surface area contributed by atoms with Crippen LogP contribution in [0.2, 0.25) is 0 Å². The highest BCUT2D eigenvalue weighted by Crippen LogP contribution is 2.13. The van der Waals surface area contributed by atoms with Gasteiger partial charge >= 0.3 is 11.9 Å². The smallest absolute Gasteiger partial charge is 0.358 e. The van der Waals surface area contributed by atoms with Crippen LogP contribution in [0.15, 0.2) is 0 Å². The minimum Gasteiger partial charge on any atom is -0.371 e. The molecule has 48 heavy (non-hydrogen) atoms. The predicted molar refractivity (Wildman–Crippen MR) is 160 cm³/mol. The Morgan fingerprint density at radius 2 is 1.04 bits per heavy atom. The van der Waals surface area contributed by atoms with E-state index in [2.05, 4.69) is 39.2 Å². The number of amides is 5. The number of hydroxylamine groups is 4. The van der Waals surface area contributed by atoms with E-state index >= 15 is 0 Å². The van der Waals surface area contributed by atoms with Gasteiger partial charge in [-0.05, 0) is 0 Å². The topological polar surface area (TPSA) is 236 Å². The molecule has 5 amide bonds. The maximum Gasteiger partial charge on any atom is 0.358 e. The zero-order valence-electron chi connectivity index (χ0n) is 26.2. The summed E-state index contributed by atoms with van der Waals surface area (Å²) in [6.07, 6.45) is 15.4. The van der Waals surface area contributed by atoms with E-state index in [9.17, 15) is 38.4 Å². The van der Waals surface area contributed by atoms with E-state index in [0.717, 1.165) is 0 Å². The van der Waals surface area contributed by atoms with Gasteiger partial charge in [-0.3, -0.25) is 28.8 Å². The van der Waals surface area contributed by atoms with E-state index < -0.39 is 48.8 Å². The number of nitrogens with one attached hydrogen (secondary N) is 1. The van der Waals surface area contributed by atoms with E-state index in [4.69, 9.17) is 37.5 Å². The minimum absolute atomic E-state index is 0.00840. The summed E-state index contributed by atoms with van der Waals surface area (Å²) in [5.41, 5.74) is 4.79. The Kier molecular flexibility index (Phi) is 24.1. The van der Waals surface area contributed by atoms with Gasteiger partial charge in [-0.25, -0.2) is 9.59 Å². The second kappa shape index (κ2) is 27.0. The van der Waals surface area contributed by atoms with Crippen LogP contribution in [-0.4, -0.2) is 123 Å². The quantitative estimate of drug-likeness (QED) is 0.0820. The third-order valence-electron chi connectivity index (χ3n) is 5.13. The number of Topliss-reactive ketones (excluding diaryl/α,β-unsaturated/α-hetero) is 1. The van der Waals surface area contributed by atoms with Crippen LogP contribution in [0.4, 0.5) is 0 Å². The Morgan fingerprint density at radius 3 is 1.42 bits per heavy atom. The summed E-state index contributed by atoms with van der Waals surface area (Å²) < 4.78 is 19.9. The third-order valence-corrected chi connectivity index (χ3v) is 5.13. The van der Waals surface area contributed by atoms with E-state index in [-0.39, 0.29) is 83.6 Å². The van der Waals surface area contributed by atoms with Crippen LogP contribution in [-0.2, 0) is 67.0 Å². The Balaban J connectivity index is 0.000000875. The Morgan fingerprint density at radius 1 is 0.646 bits per heavy atom. The van der Waals surface area contributed by atoms with Crippen molar-refractivity contribution in [2.24, 2.45) is 5.73 Å². The molecule has 0 spiro atoms. The maximum absolute atomic E-state index is 11.4. The van der Waals surface area contributed by atoms with Gasteiger partial charge in [-0.15, -0.1) is 35.3 Å². The second-order valence-corrected chi connectivity index (χ2v) is 8.93. The van der Waals surface area contributed by atoms with E-state index in [0.29, 0.717) is 29.5 Å². The number of imide groups is 2. The molecule has 2 aliphatic rings. The molecule has 2 rings (SSSR count). The van der Waals surface area contributed by atoms with Crippen LogP contribution < -0.4 is 11.1 Å². The number of carbonyl (C=O) groups is 8. The molecule has 262 valence electrons. The lowest BCUT2D eigenvalue weighted by Crippen LogP contribution is -2.34. The lowest BCUT2D eigenvalue weighted by atomic mass is 10.2. The summed E-state index contributed by atoms with van der Waals surface area (Å²) in [5, 5.41) is 3.25. The van der Waals surface area contributed by atoms with Gasteiger partial charge in [0.25, 0.3) is 23.6 Å². The average Bonchev–Trinajstić information content (AvgIpc) is 3.56. The molecule has 2 heterocycles. The molecule has 0 aromatic rings. The van der Waals surface area contributed by atoms with Crippen molar-refractivity contribution < 1.29 is 67.0 Å². The molecular weight excluding hydrogens is 640 g/mol. The third kappa shape index (κ3) is 20.8. The monoisotopic (exact) mass is 678 g/mol. The molecule has 0 unspecified atom stereocenters. The number of rotatable bonds is 19. The van der Waals surface area contributed by atoms with Gasteiger partial charge in [-0.2, -0.15) is 0 Å². The molecule has 3 N–H and O–H groups in total. The van der Waals surface area contributed by atoms with Crippen molar-refractivity contribution in [3.8, 4) is 37.0 Å². The first-order chi connectivity index (χ1) is 23.0. The molecule has 2 fully saturated rings. The number of hydrogen-bond donors (Lipinski definition) is 2. The van der Waals surface area contributed by atoms with Crippen LogP contribution in [0.5, 0.6) is 0 Å². The van der Waals surface area contributed by atoms with Crippen LogP contribution in [0.1, 0.15) is 38.5 Å². The molecule has 0 aromatic carbocycles. The molecule has 18 nitrogen and oxygen atoms in total. The standard InChI is InChI=1S/C14H16N2O10.C13H17NO4.C3H5N/c17-9-1-2-10(18)15(9)25-13(21)7-23-5-6-24-8-14(22)26-16-11(19)3-4-12(16)20;1-3-5-6-12(15)10-17-8-9-18-11-13(16)14-7-4-2;1-2-3-4/h1-8H2;1-2H,5-11H2,(H,14,16);1H,3-4H2. The summed E-state index contributed by atoms with van der Waals surface area (Å²) in [5.74, 6) is 2.29. The zero-order valence-corrected chi connectivity index (χ0v) is 26.2. The zero-order chi connectivity index (χ0) is 36.2. The minimum atomic E-state index is -0.931. The number of ether oxygens (including phenoxy) is 4. The number of nitrogens with zero attached hydrogens (tertiary/aromatic N) is 2. The van der Waals surface area contributed by atoms with Gasteiger partial charge in [0.15, 0.2) is 5.78 Å². The Hall–Kier alpha value is -5.16. The fraction of sp³-hybridized carbons (Fsp3) is 0.533. The first-order valence-corrected chi connectivity index (χ1v) is 14.2. The summed E-state index contributed by atoms with van der Waals surface area (Å²) in [6.45, 7) is -0.260. The van der Waals surface area contributed by atoms with E-state index in [1.54, 1.807) is 0 Å². The van der Waals surface area contributed by atoms with Gasteiger partial charge in [0.05, 0.1) is 39.5 Å².